The average molecular weight is 453 g/mol. The molecule has 2 aromatic carbocycles. The van der Waals surface area contributed by atoms with Crippen LogP contribution in [0.4, 0.5) is 0 Å². The van der Waals surface area contributed by atoms with Crippen LogP contribution in [-0.2, 0) is 0 Å². The van der Waals surface area contributed by atoms with Gasteiger partial charge in [-0.2, -0.15) is 0 Å². The number of hydrogen-bond donors (Lipinski definition) is 2. The predicted octanol–water partition coefficient (Wildman–Crippen LogP) is 6.76. The van der Waals surface area contributed by atoms with E-state index in [4.69, 9.17) is 0 Å². The number of rotatable bonds is 14. The average Bonchev–Trinajstić information content (AvgIpc) is 2.81. The van der Waals surface area contributed by atoms with Gasteiger partial charge in [0.15, 0.2) is 17.3 Å². The topological polar surface area (TPSA) is 91.7 Å². The third-order valence-corrected chi connectivity index (χ3v) is 6.37. The van der Waals surface area contributed by atoms with E-state index in [0.29, 0.717) is 24.8 Å². The molecule has 0 fully saturated rings. The Hall–Kier alpha value is -2.95. The zero-order chi connectivity index (χ0) is 24.4. The molecule has 178 valence electrons. The minimum absolute atomic E-state index is 0.0107. The van der Waals surface area contributed by atoms with Crippen molar-refractivity contribution in [2.75, 3.05) is 0 Å². The molecule has 0 saturated carbocycles. The Morgan fingerprint density at radius 2 is 1.24 bits per heavy atom. The molecule has 0 aliphatic rings. The molecule has 0 aliphatic heterocycles. The molecule has 33 heavy (non-hydrogen) atoms. The smallest absolute Gasteiger partial charge is 0.166 e. The highest BCUT2D eigenvalue weighted by Gasteiger charge is 2.24. The zero-order valence-electron chi connectivity index (χ0n) is 20.0. The van der Waals surface area contributed by atoms with Gasteiger partial charge in [-0.1, -0.05) is 58.2 Å². The Labute approximate surface area is 196 Å². The Morgan fingerprint density at radius 1 is 0.727 bits per heavy atom. The van der Waals surface area contributed by atoms with Crippen LogP contribution in [0.1, 0.15) is 103 Å². The lowest BCUT2D eigenvalue weighted by molar-refractivity contribution is 0.0933. The van der Waals surface area contributed by atoms with Crippen LogP contribution in [0.2, 0.25) is 0 Å². The summed E-state index contributed by atoms with van der Waals surface area (Å²) < 4.78 is 0. The predicted molar refractivity (Wildman–Crippen MR) is 130 cm³/mol. The van der Waals surface area contributed by atoms with E-state index >= 15 is 0 Å². The number of unbranched alkanes of at least 4 members (excludes halogenated alkanes) is 1. The molecular weight excluding hydrogens is 416 g/mol. The zero-order valence-corrected chi connectivity index (χ0v) is 20.0. The second-order valence-corrected chi connectivity index (χ2v) is 8.78. The van der Waals surface area contributed by atoms with Crippen molar-refractivity contribution in [2.24, 2.45) is 11.8 Å². The maximum Gasteiger partial charge on any atom is 0.166 e. The summed E-state index contributed by atoms with van der Waals surface area (Å²) >= 11 is 0. The molecule has 0 aromatic heterocycles. The highest BCUT2D eigenvalue weighted by molar-refractivity contribution is 6.05. The fourth-order valence-corrected chi connectivity index (χ4v) is 4.18. The van der Waals surface area contributed by atoms with Gasteiger partial charge in [-0.05, 0) is 48.9 Å². The third kappa shape index (κ3) is 7.28. The van der Waals surface area contributed by atoms with Crippen molar-refractivity contribution in [3.05, 3.63) is 59.2 Å². The number of ketones is 3. The van der Waals surface area contributed by atoms with Crippen LogP contribution in [0.15, 0.2) is 42.5 Å². The Balaban J connectivity index is 2.07. The number of hydrogen-bond acceptors (Lipinski definition) is 5. The van der Waals surface area contributed by atoms with E-state index in [0.717, 1.165) is 25.7 Å². The molecule has 2 rings (SSSR count). The highest BCUT2D eigenvalue weighted by atomic mass is 16.3. The first-order valence-corrected chi connectivity index (χ1v) is 12.0. The maximum absolute atomic E-state index is 13.0. The van der Waals surface area contributed by atoms with E-state index in [2.05, 4.69) is 0 Å². The van der Waals surface area contributed by atoms with Crippen LogP contribution in [0, 0.1) is 11.8 Å². The van der Waals surface area contributed by atoms with Crippen LogP contribution < -0.4 is 0 Å². The lowest BCUT2D eigenvalue weighted by Crippen LogP contribution is -2.16. The fraction of sp³-hybridized carbons (Fsp3) is 0.464. The van der Waals surface area contributed by atoms with Crippen LogP contribution in [0.5, 0.6) is 11.5 Å². The monoisotopic (exact) mass is 452 g/mol. The van der Waals surface area contributed by atoms with Gasteiger partial charge in [0.1, 0.15) is 11.5 Å². The molecule has 5 nitrogen and oxygen atoms in total. The van der Waals surface area contributed by atoms with E-state index in [1.165, 1.54) is 6.07 Å². The quantitative estimate of drug-likeness (QED) is 0.309. The van der Waals surface area contributed by atoms with Gasteiger partial charge in [0.2, 0.25) is 0 Å². The Kier molecular flexibility index (Phi) is 10.3. The standard InChI is InChI=1S/C28H36O5/c1-4-7-14-25(30)22-12-10-13-23(28(22)33)27(32)18-20(6-3)16-19(5-2)17-26(31)21-11-8-9-15-24(21)29/h8-13,15,19-20,29,33H,4-7,14,16-18H2,1-3H3. The van der Waals surface area contributed by atoms with E-state index < -0.39 is 0 Å². The summed E-state index contributed by atoms with van der Waals surface area (Å²) in [5, 5.41) is 20.6. The molecule has 0 aliphatic carbocycles. The van der Waals surface area contributed by atoms with Gasteiger partial charge in [0, 0.05) is 19.3 Å². The van der Waals surface area contributed by atoms with Gasteiger partial charge in [0.25, 0.3) is 0 Å². The lowest BCUT2D eigenvalue weighted by Gasteiger charge is -2.21. The molecule has 0 heterocycles. The maximum atomic E-state index is 13.0. The second kappa shape index (κ2) is 12.9. The van der Waals surface area contributed by atoms with Crippen LogP contribution in [0.25, 0.3) is 0 Å². The van der Waals surface area contributed by atoms with E-state index in [1.54, 1.807) is 36.4 Å². The second-order valence-electron chi connectivity index (χ2n) is 8.78. The molecule has 2 atom stereocenters. The van der Waals surface area contributed by atoms with Crippen LogP contribution >= 0.6 is 0 Å². The summed E-state index contributed by atoms with van der Waals surface area (Å²) in [7, 11) is 0. The molecule has 5 heteroatoms. The molecule has 0 radical (unpaired) electrons. The van der Waals surface area contributed by atoms with Crippen molar-refractivity contribution in [3.63, 3.8) is 0 Å². The van der Waals surface area contributed by atoms with Gasteiger partial charge in [-0.25, -0.2) is 0 Å². The Bertz CT molecular complexity index is 963. The summed E-state index contributed by atoms with van der Waals surface area (Å²) in [6, 6.07) is 11.3. The first-order valence-electron chi connectivity index (χ1n) is 12.0. The number of carbonyl (C=O) groups is 3. The van der Waals surface area contributed by atoms with Gasteiger partial charge in [-0.3, -0.25) is 14.4 Å². The SMILES string of the molecule is CCCCC(=O)c1cccc(C(=O)CC(CC)CC(CC)CC(=O)c2ccccc2O)c1O. The van der Waals surface area contributed by atoms with Crippen molar-refractivity contribution in [3.8, 4) is 11.5 Å². The summed E-state index contributed by atoms with van der Waals surface area (Å²) in [6.45, 7) is 6.03. The normalized spacial score (nSPS) is 12.8. The van der Waals surface area contributed by atoms with Crippen LogP contribution in [0.3, 0.4) is 0 Å². The third-order valence-electron chi connectivity index (χ3n) is 6.37. The molecule has 2 unspecified atom stereocenters. The molecule has 2 N–H and O–H groups in total. The number of benzene rings is 2. The number of phenols is 2. The molecule has 0 spiro atoms. The Morgan fingerprint density at radius 3 is 1.79 bits per heavy atom. The van der Waals surface area contributed by atoms with Crippen molar-refractivity contribution in [1.29, 1.82) is 0 Å². The first-order chi connectivity index (χ1) is 15.8. The largest absolute Gasteiger partial charge is 0.507 e. The summed E-state index contributed by atoms with van der Waals surface area (Å²) in [6.07, 6.45) is 4.79. The number of phenolic OH excluding ortho intramolecular Hbond substituents is 2. The van der Waals surface area contributed by atoms with Crippen molar-refractivity contribution in [2.45, 2.75) is 72.1 Å². The minimum atomic E-state index is -0.222. The summed E-state index contributed by atoms with van der Waals surface area (Å²) in [4.78, 5) is 38.1. The number of Topliss-reactive ketones (excluding diaryl/α,β-unsaturated/α-hetero) is 3. The summed E-state index contributed by atoms with van der Waals surface area (Å²) in [5.41, 5.74) is 0.728. The molecule has 2 aromatic rings. The van der Waals surface area contributed by atoms with Gasteiger partial charge >= 0.3 is 0 Å². The molecule has 0 amide bonds. The van der Waals surface area contributed by atoms with Crippen molar-refractivity contribution >= 4 is 17.3 Å². The van der Waals surface area contributed by atoms with E-state index in [1.807, 2.05) is 20.8 Å². The lowest BCUT2D eigenvalue weighted by atomic mass is 9.83. The summed E-state index contributed by atoms with van der Waals surface area (Å²) in [5.74, 6) is -0.527. The number of carbonyl (C=O) groups excluding carboxylic acids is 3. The number of para-hydroxylation sites is 2. The fourth-order valence-electron chi connectivity index (χ4n) is 4.18. The highest BCUT2D eigenvalue weighted by Crippen LogP contribution is 2.31. The molecule has 0 bridgehead atoms. The van der Waals surface area contributed by atoms with E-state index in [-0.39, 0.29) is 58.2 Å². The van der Waals surface area contributed by atoms with Gasteiger partial charge in [0.05, 0.1) is 16.7 Å². The van der Waals surface area contributed by atoms with Crippen molar-refractivity contribution in [1.82, 2.24) is 0 Å². The molecule has 0 saturated heterocycles. The molecular formula is C28H36O5. The van der Waals surface area contributed by atoms with Gasteiger partial charge in [-0.15, -0.1) is 0 Å². The van der Waals surface area contributed by atoms with Crippen LogP contribution in [-0.4, -0.2) is 27.6 Å². The minimum Gasteiger partial charge on any atom is -0.507 e. The van der Waals surface area contributed by atoms with Gasteiger partial charge < -0.3 is 10.2 Å². The van der Waals surface area contributed by atoms with E-state index in [9.17, 15) is 24.6 Å². The van der Waals surface area contributed by atoms with Crippen molar-refractivity contribution < 1.29 is 24.6 Å². The number of aromatic hydroxyl groups is 2. The first kappa shape index (κ1) is 26.3.